The molecule has 1 amide bonds. The summed E-state index contributed by atoms with van der Waals surface area (Å²) in [5, 5.41) is 0. The topological polar surface area (TPSA) is 46.3 Å². The van der Waals surface area contributed by atoms with Crippen molar-refractivity contribution in [2.45, 2.75) is 33.2 Å². The molecule has 2 N–H and O–H groups in total. The molecule has 1 saturated heterocycles. The normalized spacial score (nSPS) is 21.9. The summed E-state index contributed by atoms with van der Waals surface area (Å²) in [7, 11) is 0. The molecule has 0 saturated carbocycles. The summed E-state index contributed by atoms with van der Waals surface area (Å²) in [5.74, 6) is 0.635. The van der Waals surface area contributed by atoms with Crippen LogP contribution in [0.25, 0.3) is 0 Å². The van der Waals surface area contributed by atoms with Crippen LogP contribution in [0, 0.1) is 19.8 Å². The summed E-state index contributed by atoms with van der Waals surface area (Å²) < 4.78 is 0. The number of nitrogens with zero attached hydrogens (tertiary/aromatic N) is 1. The molecule has 2 rings (SSSR count). The van der Waals surface area contributed by atoms with E-state index in [4.69, 9.17) is 5.73 Å². The van der Waals surface area contributed by atoms with Crippen molar-refractivity contribution in [3.05, 3.63) is 21.4 Å². The third kappa shape index (κ3) is 2.53. The Kier molecular flexibility index (Phi) is 3.54. The summed E-state index contributed by atoms with van der Waals surface area (Å²) in [5.41, 5.74) is 7.10. The smallest absolute Gasteiger partial charge is 0.263 e. The molecule has 3 nitrogen and oxygen atoms in total. The molecule has 0 bridgehead atoms. The molecular weight excluding hydrogens is 232 g/mol. The van der Waals surface area contributed by atoms with E-state index in [1.165, 1.54) is 10.4 Å². The summed E-state index contributed by atoms with van der Waals surface area (Å²) in [6.07, 6.45) is 1.03. The lowest BCUT2D eigenvalue weighted by Gasteiger charge is -2.17. The van der Waals surface area contributed by atoms with Crippen LogP contribution in [0.3, 0.4) is 0 Å². The molecule has 0 aromatic carbocycles. The molecule has 2 atom stereocenters. The quantitative estimate of drug-likeness (QED) is 0.877. The van der Waals surface area contributed by atoms with Crippen LogP contribution in [-0.2, 0) is 0 Å². The maximum atomic E-state index is 12.3. The van der Waals surface area contributed by atoms with Crippen molar-refractivity contribution >= 4 is 17.2 Å². The summed E-state index contributed by atoms with van der Waals surface area (Å²) >= 11 is 1.60. The molecule has 1 fully saturated rings. The van der Waals surface area contributed by atoms with Gasteiger partial charge in [-0.15, -0.1) is 11.3 Å². The fourth-order valence-corrected chi connectivity index (χ4v) is 3.24. The molecule has 17 heavy (non-hydrogen) atoms. The van der Waals surface area contributed by atoms with Crippen molar-refractivity contribution in [2.75, 3.05) is 13.1 Å². The van der Waals surface area contributed by atoms with Gasteiger partial charge in [-0.1, -0.05) is 0 Å². The number of thiophene rings is 1. The van der Waals surface area contributed by atoms with Crippen LogP contribution in [0.5, 0.6) is 0 Å². The number of amides is 1. The highest BCUT2D eigenvalue weighted by atomic mass is 32.1. The number of carbonyl (C=O) groups is 1. The fraction of sp³-hybridized carbons (Fsp3) is 0.615. The van der Waals surface area contributed by atoms with Crippen molar-refractivity contribution in [1.82, 2.24) is 4.90 Å². The van der Waals surface area contributed by atoms with E-state index in [9.17, 15) is 4.79 Å². The van der Waals surface area contributed by atoms with Gasteiger partial charge in [-0.3, -0.25) is 4.79 Å². The highest BCUT2D eigenvalue weighted by molar-refractivity contribution is 7.14. The van der Waals surface area contributed by atoms with Gasteiger partial charge in [0.2, 0.25) is 0 Å². The second kappa shape index (κ2) is 4.78. The van der Waals surface area contributed by atoms with Gasteiger partial charge in [-0.25, -0.2) is 0 Å². The van der Waals surface area contributed by atoms with E-state index >= 15 is 0 Å². The van der Waals surface area contributed by atoms with E-state index in [-0.39, 0.29) is 11.9 Å². The van der Waals surface area contributed by atoms with E-state index in [0.717, 1.165) is 24.4 Å². The number of aryl methyl sites for hydroxylation is 2. The van der Waals surface area contributed by atoms with Gasteiger partial charge in [-0.2, -0.15) is 0 Å². The van der Waals surface area contributed by atoms with Crippen molar-refractivity contribution < 1.29 is 4.79 Å². The predicted molar refractivity (Wildman–Crippen MR) is 71.5 cm³/mol. The Bertz CT molecular complexity index is 406. The maximum absolute atomic E-state index is 12.3. The highest BCUT2D eigenvalue weighted by Crippen LogP contribution is 2.25. The van der Waals surface area contributed by atoms with Gasteiger partial charge in [0.25, 0.3) is 5.91 Å². The van der Waals surface area contributed by atoms with Crippen molar-refractivity contribution in [1.29, 1.82) is 0 Å². The van der Waals surface area contributed by atoms with E-state index in [2.05, 4.69) is 13.8 Å². The Morgan fingerprint density at radius 2 is 2.29 bits per heavy atom. The molecule has 94 valence electrons. The van der Waals surface area contributed by atoms with Gasteiger partial charge >= 0.3 is 0 Å². The van der Waals surface area contributed by atoms with E-state index in [0.29, 0.717) is 5.92 Å². The summed E-state index contributed by atoms with van der Waals surface area (Å²) in [6.45, 7) is 7.80. The van der Waals surface area contributed by atoms with Gasteiger partial charge < -0.3 is 10.6 Å². The average molecular weight is 252 g/mol. The molecule has 0 aliphatic carbocycles. The number of rotatable bonds is 2. The van der Waals surface area contributed by atoms with Crippen molar-refractivity contribution in [3.8, 4) is 0 Å². The minimum atomic E-state index is 0.175. The second-order valence-electron chi connectivity index (χ2n) is 5.01. The Morgan fingerprint density at radius 3 is 2.76 bits per heavy atom. The molecule has 1 aromatic heterocycles. The van der Waals surface area contributed by atoms with Gasteiger partial charge in [0.1, 0.15) is 0 Å². The standard InChI is InChI=1S/C13H20N2OS/c1-8-6-12(17-10(8)3)13(16)15-5-4-11(7-15)9(2)14/h6,9,11H,4-5,7,14H2,1-3H3. The molecule has 0 radical (unpaired) electrons. The third-order valence-electron chi connectivity index (χ3n) is 3.63. The second-order valence-corrected chi connectivity index (χ2v) is 6.27. The van der Waals surface area contributed by atoms with Crippen LogP contribution in [0.4, 0.5) is 0 Å². The predicted octanol–water partition coefficient (Wildman–Crippen LogP) is 2.17. The van der Waals surface area contributed by atoms with Gasteiger partial charge in [0.05, 0.1) is 4.88 Å². The lowest BCUT2D eigenvalue weighted by atomic mass is 10.0. The largest absolute Gasteiger partial charge is 0.338 e. The number of hydrogen-bond donors (Lipinski definition) is 1. The summed E-state index contributed by atoms with van der Waals surface area (Å²) in [4.78, 5) is 16.3. The zero-order valence-electron chi connectivity index (χ0n) is 10.7. The Hall–Kier alpha value is -0.870. The minimum Gasteiger partial charge on any atom is -0.338 e. The average Bonchev–Trinajstić information content (AvgIpc) is 2.86. The molecule has 2 unspecified atom stereocenters. The number of hydrogen-bond acceptors (Lipinski definition) is 3. The highest BCUT2D eigenvalue weighted by Gasteiger charge is 2.29. The Balaban J connectivity index is 2.07. The van der Waals surface area contributed by atoms with Crippen LogP contribution in [0.2, 0.25) is 0 Å². The molecule has 2 heterocycles. The maximum Gasteiger partial charge on any atom is 0.263 e. The first-order valence-corrected chi connectivity index (χ1v) is 6.92. The van der Waals surface area contributed by atoms with Crippen LogP contribution >= 0.6 is 11.3 Å². The first-order chi connectivity index (χ1) is 7.99. The number of nitrogens with two attached hydrogens (primary N) is 1. The van der Waals surface area contributed by atoms with Gasteiger partial charge in [0.15, 0.2) is 0 Å². The first kappa shape index (κ1) is 12.6. The summed E-state index contributed by atoms with van der Waals surface area (Å²) in [6, 6.07) is 2.18. The van der Waals surface area contributed by atoms with Crippen molar-refractivity contribution in [2.24, 2.45) is 11.7 Å². The first-order valence-electron chi connectivity index (χ1n) is 6.11. The zero-order chi connectivity index (χ0) is 12.6. The Labute approximate surface area is 107 Å². The zero-order valence-corrected chi connectivity index (χ0v) is 11.5. The van der Waals surface area contributed by atoms with Crippen LogP contribution in [0.15, 0.2) is 6.07 Å². The molecule has 4 heteroatoms. The lowest BCUT2D eigenvalue weighted by molar-refractivity contribution is 0.0790. The van der Waals surface area contributed by atoms with Gasteiger partial charge in [-0.05, 0) is 44.7 Å². The third-order valence-corrected chi connectivity index (χ3v) is 4.77. The van der Waals surface area contributed by atoms with Crippen LogP contribution in [0.1, 0.15) is 33.5 Å². The number of carbonyl (C=O) groups excluding carboxylic acids is 1. The van der Waals surface area contributed by atoms with Gasteiger partial charge in [0, 0.05) is 24.0 Å². The van der Waals surface area contributed by atoms with Crippen LogP contribution < -0.4 is 5.73 Å². The van der Waals surface area contributed by atoms with E-state index in [1.54, 1.807) is 11.3 Å². The monoisotopic (exact) mass is 252 g/mol. The lowest BCUT2D eigenvalue weighted by Crippen LogP contribution is -2.32. The molecule has 1 aliphatic heterocycles. The fourth-order valence-electron chi connectivity index (χ4n) is 2.24. The van der Waals surface area contributed by atoms with E-state index in [1.807, 2.05) is 17.9 Å². The number of likely N-dealkylation sites (tertiary alicyclic amines) is 1. The van der Waals surface area contributed by atoms with E-state index < -0.39 is 0 Å². The molecular formula is C13H20N2OS. The Morgan fingerprint density at radius 1 is 1.59 bits per heavy atom. The van der Waals surface area contributed by atoms with Crippen LogP contribution in [-0.4, -0.2) is 29.9 Å². The molecule has 1 aromatic rings. The minimum absolute atomic E-state index is 0.175. The SMILES string of the molecule is Cc1cc(C(=O)N2CCC(C(C)N)C2)sc1C. The molecule has 1 aliphatic rings. The van der Waals surface area contributed by atoms with Crippen molar-refractivity contribution in [3.63, 3.8) is 0 Å². The molecule has 0 spiro atoms.